The average Bonchev–Trinajstić information content (AvgIpc) is 2.46. The molecular weight excluding hydrogens is 224 g/mol. The van der Waals surface area contributed by atoms with E-state index in [1.807, 2.05) is 0 Å². The predicted molar refractivity (Wildman–Crippen MR) is 75.9 cm³/mol. The maximum absolute atomic E-state index is 5.83. The molecule has 0 spiro atoms. The molecule has 1 N–H and O–H groups in total. The minimum Gasteiger partial charge on any atom is -0.378 e. The van der Waals surface area contributed by atoms with Gasteiger partial charge in [-0.3, -0.25) is 4.90 Å². The lowest BCUT2D eigenvalue weighted by molar-refractivity contribution is -0.0402. The van der Waals surface area contributed by atoms with Crippen molar-refractivity contribution in [1.82, 2.24) is 10.2 Å². The summed E-state index contributed by atoms with van der Waals surface area (Å²) in [5.74, 6) is 0. The van der Waals surface area contributed by atoms with Gasteiger partial charge in [-0.05, 0) is 51.6 Å². The normalized spacial score (nSPS) is 33.8. The molecule has 0 aliphatic carbocycles. The molecule has 106 valence electrons. The van der Waals surface area contributed by atoms with E-state index in [2.05, 4.69) is 24.1 Å². The van der Waals surface area contributed by atoms with Gasteiger partial charge in [0.2, 0.25) is 0 Å². The fraction of sp³-hybridized carbons (Fsp3) is 1.00. The van der Waals surface area contributed by atoms with Crippen LogP contribution < -0.4 is 5.32 Å². The fourth-order valence-electron chi connectivity index (χ4n) is 3.48. The Kier molecular flexibility index (Phi) is 5.93. The third kappa shape index (κ3) is 3.69. The summed E-state index contributed by atoms with van der Waals surface area (Å²) in [7, 11) is 0. The second-order valence-corrected chi connectivity index (χ2v) is 5.82. The van der Waals surface area contributed by atoms with E-state index in [1.165, 1.54) is 58.2 Å². The van der Waals surface area contributed by atoms with Gasteiger partial charge in [0.05, 0.1) is 6.10 Å². The zero-order chi connectivity index (χ0) is 12.8. The van der Waals surface area contributed by atoms with Crippen LogP contribution in [-0.2, 0) is 4.74 Å². The van der Waals surface area contributed by atoms with Gasteiger partial charge in [-0.15, -0.1) is 0 Å². The molecule has 0 radical (unpaired) electrons. The topological polar surface area (TPSA) is 24.5 Å². The molecule has 0 aromatic rings. The molecule has 3 unspecified atom stereocenters. The maximum atomic E-state index is 5.83. The molecule has 2 aliphatic rings. The Bertz CT molecular complexity index is 229. The number of rotatable bonds is 5. The molecule has 2 saturated heterocycles. The molecule has 0 aromatic carbocycles. The van der Waals surface area contributed by atoms with Crippen molar-refractivity contribution in [3.8, 4) is 0 Å². The third-order valence-corrected chi connectivity index (χ3v) is 4.49. The van der Waals surface area contributed by atoms with Crippen molar-refractivity contribution in [2.24, 2.45) is 0 Å². The van der Waals surface area contributed by atoms with Crippen molar-refractivity contribution >= 4 is 0 Å². The van der Waals surface area contributed by atoms with Crippen LogP contribution in [0.15, 0.2) is 0 Å². The lowest BCUT2D eigenvalue weighted by Crippen LogP contribution is -2.53. The summed E-state index contributed by atoms with van der Waals surface area (Å²) in [6, 6.07) is 1.52. The maximum Gasteiger partial charge on any atom is 0.0587 e. The van der Waals surface area contributed by atoms with Gasteiger partial charge in [-0.25, -0.2) is 0 Å². The summed E-state index contributed by atoms with van der Waals surface area (Å²) in [6.45, 7) is 9.17. The molecule has 0 aromatic heterocycles. The quantitative estimate of drug-likeness (QED) is 0.815. The van der Waals surface area contributed by atoms with Crippen LogP contribution in [0.4, 0.5) is 0 Å². The number of hydrogen-bond donors (Lipinski definition) is 1. The molecule has 0 saturated carbocycles. The van der Waals surface area contributed by atoms with Gasteiger partial charge in [0, 0.05) is 25.2 Å². The third-order valence-electron chi connectivity index (χ3n) is 4.49. The summed E-state index contributed by atoms with van der Waals surface area (Å²) in [4.78, 5) is 2.79. The molecule has 3 atom stereocenters. The van der Waals surface area contributed by atoms with Crippen LogP contribution in [0.5, 0.6) is 0 Å². The van der Waals surface area contributed by atoms with Gasteiger partial charge >= 0.3 is 0 Å². The van der Waals surface area contributed by atoms with E-state index in [9.17, 15) is 0 Å². The summed E-state index contributed by atoms with van der Waals surface area (Å²) >= 11 is 0. The van der Waals surface area contributed by atoms with Crippen LogP contribution in [0.2, 0.25) is 0 Å². The number of nitrogens with zero attached hydrogens (tertiary/aromatic N) is 1. The van der Waals surface area contributed by atoms with Gasteiger partial charge < -0.3 is 10.1 Å². The van der Waals surface area contributed by atoms with E-state index in [-0.39, 0.29) is 0 Å². The van der Waals surface area contributed by atoms with Crippen LogP contribution in [0, 0.1) is 0 Å². The molecule has 2 heterocycles. The van der Waals surface area contributed by atoms with Crippen molar-refractivity contribution in [2.75, 3.05) is 26.2 Å². The first-order valence-electron chi connectivity index (χ1n) is 7.93. The number of hydrogen-bond acceptors (Lipinski definition) is 3. The van der Waals surface area contributed by atoms with Crippen LogP contribution in [0.3, 0.4) is 0 Å². The summed E-state index contributed by atoms with van der Waals surface area (Å²) in [6.07, 6.45) is 8.12. The van der Waals surface area contributed by atoms with Crippen LogP contribution >= 0.6 is 0 Å². The van der Waals surface area contributed by atoms with Gasteiger partial charge in [0.1, 0.15) is 0 Å². The first kappa shape index (κ1) is 14.3. The lowest BCUT2D eigenvalue weighted by atomic mass is 9.95. The van der Waals surface area contributed by atoms with Gasteiger partial charge in [-0.2, -0.15) is 0 Å². The standard InChI is InChI=1S/C15H30N2O/c1-3-9-17(14-6-5-8-16-12-14)13-7-10-18-15(4-2)11-13/h13-16H,3-12H2,1-2H3. The summed E-state index contributed by atoms with van der Waals surface area (Å²) in [5.41, 5.74) is 0. The van der Waals surface area contributed by atoms with Gasteiger partial charge in [0.25, 0.3) is 0 Å². The first-order valence-corrected chi connectivity index (χ1v) is 7.93. The Morgan fingerprint density at radius 2 is 2.11 bits per heavy atom. The van der Waals surface area contributed by atoms with Crippen molar-refractivity contribution in [3.05, 3.63) is 0 Å². The molecule has 2 aliphatic heterocycles. The van der Waals surface area contributed by atoms with E-state index in [0.717, 1.165) is 18.7 Å². The van der Waals surface area contributed by atoms with E-state index >= 15 is 0 Å². The van der Waals surface area contributed by atoms with E-state index in [0.29, 0.717) is 6.10 Å². The zero-order valence-electron chi connectivity index (χ0n) is 12.2. The van der Waals surface area contributed by atoms with E-state index < -0.39 is 0 Å². The van der Waals surface area contributed by atoms with Crippen molar-refractivity contribution < 1.29 is 4.74 Å². The number of nitrogens with one attached hydrogen (secondary N) is 1. The summed E-state index contributed by atoms with van der Waals surface area (Å²) < 4.78 is 5.83. The second-order valence-electron chi connectivity index (χ2n) is 5.82. The van der Waals surface area contributed by atoms with Crippen LogP contribution in [-0.4, -0.2) is 49.3 Å². The second kappa shape index (κ2) is 7.46. The lowest BCUT2D eigenvalue weighted by Gasteiger charge is -2.43. The van der Waals surface area contributed by atoms with Gasteiger partial charge in [-0.1, -0.05) is 13.8 Å². The predicted octanol–water partition coefficient (Wildman–Crippen LogP) is 2.41. The Labute approximate surface area is 112 Å². The zero-order valence-corrected chi connectivity index (χ0v) is 12.2. The molecule has 2 fully saturated rings. The minimum absolute atomic E-state index is 0.500. The highest BCUT2D eigenvalue weighted by molar-refractivity contribution is 4.86. The monoisotopic (exact) mass is 254 g/mol. The molecule has 2 rings (SSSR count). The first-order chi connectivity index (χ1) is 8.85. The van der Waals surface area contributed by atoms with Crippen molar-refractivity contribution in [1.29, 1.82) is 0 Å². The van der Waals surface area contributed by atoms with Gasteiger partial charge in [0.15, 0.2) is 0 Å². The molecule has 0 bridgehead atoms. The Hall–Kier alpha value is -0.120. The van der Waals surface area contributed by atoms with Crippen LogP contribution in [0.1, 0.15) is 52.4 Å². The minimum atomic E-state index is 0.500. The molecular formula is C15H30N2O. The highest BCUT2D eigenvalue weighted by Gasteiger charge is 2.31. The highest BCUT2D eigenvalue weighted by atomic mass is 16.5. The van der Waals surface area contributed by atoms with E-state index in [4.69, 9.17) is 4.74 Å². The average molecular weight is 254 g/mol. The highest BCUT2D eigenvalue weighted by Crippen LogP contribution is 2.25. The number of piperidine rings is 1. The Morgan fingerprint density at radius 1 is 1.22 bits per heavy atom. The summed E-state index contributed by atoms with van der Waals surface area (Å²) in [5, 5.41) is 3.57. The molecule has 18 heavy (non-hydrogen) atoms. The molecule has 3 nitrogen and oxygen atoms in total. The Balaban J connectivity index is 1.94. The van der Waals surface area contributed by atoms with Crippen LogP contribution in [0.25, 0.3) is 0 Å². The molecule has 3 heteroatoms. The smallest absolute Gasteiger partial charge is 0.0587 e. The number of ether oxygens (including phenoxy) is 1. The Morgan fingerprint density at radius 3 is 2.78 bits per heavy atom. The fourth-order valence-corrected chi connectivity index (χ4v) is 3.48. The van der Waals surface area contributed by atoms with Crippen molar-refractivity contribution in [3.63, 3.8) is 0 Å². The SMILES string of the molecule is CCCN(C1CCCNC1)C1CCOC(CC)C1. The molecule has 0 amide bonds. The van der Waals surface area contributed by atoms with Crippen molar-refractivity contribution in [2.45, 2.75) is 70.6 Å². The largest absolute Gasteiger partial charge is 0.378 e. The van der Waals surface area contributed by atoms with E-state index in [1.54, 1.807) is 0 Å².